The Morgan fingerprint density at radius 3 is 2.55 bits per heavy atom. The fourth-order valence-corrected chi connectivity index (χ4v) is 3.01. The summed E-state index contributed by atoms with van der Waals surface area (Å²) in [6.45, 7) is 5.29. The third kappa shape index (κ3) is 4.45. The maximum Gasteiger partial charge on any atom is 0.236 e. The van der Waals surface area contributed by atoms with Crippen LogP contribution >= 0.6 is 0 Å². The van der Waals surface area contributed by atoms with Crippen LogP contribution in [0.1, 0.15) is 32.6 Å². The number of amides is 2. The van der Waals surface area contributed by atoms with Crippen molar-refractivity contribution in [2.45, 2.75) is 44.7 Å². The van der Waals surface area contributed by atoms with Crippen LogP contribution in [0.2, 0.25) is 0 Å². The molecule has 1 atom stereocenters. The number of hydrogen-bond donors (Lipinski definition) is 2. The van der Waals surface area contributed by atoms with Gasteiger partial charge in [0.1, 0.15) is 0 Å². The highest BCUT2D eigenvalue weighted by molar-refractivity contribution is 5.78. The van der Waals surface area contributed by atoms with Crippen LogP contribution in [0.3, 0.4) is 0 Å². The Hall–Kier alpha value is -1.14. The predicted molar refractivity (Wildman–Crippen MR) is 77.1 cm³/mol. The zero-order valence-electron chi connectivity index (χ0n) is 12.3. The molecule has 0 radical (unpaired) electrons. The van der Waals surface area contributed by atoms with E-state index in [4.69, 9.17) is 5.73 Å². The van der Waals surface area contributed by atoms with Gasteiger partial charge in [0.2, 0.25) is 11.8 Å². The summed E-state index contributed by atoms with van der Waals surface area (Å²) in [4.78, 5) is 27.5. The van der Waals surface area contributed by atoms with Gasteiger partial charge in [-0.3, -0.25) is 14.5 Å². The van der Waals surface area contributed by atoms with Crippen molar-refractivity contribution in [3.63, 3.8) is 0 Å². The number of carbonyl (C=O) groups is 2. The molecule has 6 heteroatoms. The summed E-state index contributed by atoms with van der Waals surface area (Å²) in [5.74, 6) is 0.157. The molecule has 2 heterocycles. The third-order valence-corrected chi connectivity index (χ3v) is 4.17. The van der Waals surface area contributed by atoms with Crippen molar-refractivity contribution in [2.75, 3.05) is 32.7 Å². The number of nitrogens with one attached hydrogen (secondary N) is 1. The number of nitrogens with two attached hydrogens (primary N) is 1. The van der Waals surface area contributed by atoms with Crippen molar-refractivity contribution in [2.24, 2.45) is 5.73 Å². The smallest absolute Gasteiger partial charge is 0.236 e. The van der Waals surface area contributed by atoms with Crippen LogP contribution in [-0.4, -0.2) is 66.4 Å². The normalized spacial score (nSPS) is 25.5. The average Bonchev–Trinajstić information content (AvgIpc) is 2.41. The minimum Gasteiger partial charge on any atom is -0.352 e. The van der Waals surface area contributed by atoms with Gasteiger partial charge >= 0.3 is 0 Å². The lowest BCUT2D eigenvalue weighted by atomic mass is 10.0. The molecule has 0 aromatic carbocycles. The lowest BCUT2D eigenvalue weighted by Gasteiger charge is -2.35. The molecule has 0 bridgehead atoms. The monoisotopic (exact) mass is 282 g/mol. The van der Waals surface area contributed by atoms with Gasteiger partial charge in [-0.25, -0.2) is 0 Å². The number of hydrogen-bond acceptors (Lipinski definition) is 4. The van der Waals surface area contributed by atoms with E-state index in [-0.39, 0.29) is 17.9 Å². The van der Waals surface area contributed by atoms with Crippen LogP contribution < -0.4 is 11.1 Å². The van der Waals surface area contributed by atoms with Gasteiger partial charge in [0, 0.05) is 45.2 Å². The van der Waals surface area contributed by atoms with Crippen molar-refractivity contribution in [3.8, 4) is 0 Å². The molecule has 3 N–H and O–H groups in total. The molecule has 20 heavy (non-hydrogen) atoms. The van der Waals surface area contributed by atoms with Crippen molar-refractivity contribution >= 4 is 11.8 Å². The number of rotatable bonds is 3. The zero-order chi connectivity index (χ0) is 14.5. The van der Waals surface area contributed by atoms with Crippen molar-refractivity contribution in [3.05, 3.63) is 0 Å². The summed E-state index contributed by atoms with van der Waals surface area (Å²) in [6.07, 6.45) is 3.87. The Balaban J connectivity index is 1.78. The fraction of sp³-hybridized carbons (Fsp3) is 0.857. The second-order valence-electron chi connectivity index (χ2n) is 5.99. The molecule has 2 saturated heterocycles. The first kappa shape index (κ1) is 15.3. The molecule has 2 aliphatic rings. The Bertz CT molecular complexity index is 353. The molecule has 2 fully saturated rings. The van der Waals surface area contributed by atoms with Gasteiger partial charge in [-0.05, 0) is 25.7 Å². The van der Waals surface area contributed by atoms with Crippen LogP contribution in [0.5, 0.6) is 0 Å². The molecule has 114 valence electrons. The van der Waals surface area contributed by atoms with Crippen LogP contribution in [0.15, 0.2) is 0 Å². The summed E-state index contributed by atoms with van der Waals surface area (Å²) >= 11 is 0. The van der Waals surface area contributed by atoms with Gasteiger partial charge in [0.05, 0.1) is 6.54 Å². The van der Waals surface area contributed by atoms with Crippen LogP contribution in [-0.2, 0) is 9.59 Å². The summed E-state index contributed by atoms with van der Waals surface area (Å²) < 4.78 is 0. The first-order chi connectivity index (χ1) is 9.54. The van der Waals surface area contributed by atoms with Gasteiger partial charge < -0.3 is 16.0 Å². The molecular weight excluding hydrogens is 256 g/mol. The molecule has 0 spiro atoms. The third-order valence-electron chi connectivity index (χ3n) is 4.17. The van der Waals surface area contributed by atoms with E-state index in [9.17, 15) is 9.59 Å². The summed E-state index contributed by atoms with van der Waals surface area (Å²) in [7, 11) is 0. The second-order valence-corrected chi connectivity index (χ2v) is 5.99. The van der Waals surface area contributed by atoms with E-state index in [2.05, 4.69) is 10.2 Å². The zero-order valence-corrected chi connectivity index (χ0v) is 12.3. The van der Waals surface area contributed by atoms with Crippen molar-refractivity contribution < 1.29 is 9.59 Å². The topological polar surface area (TPSA) is 78.7 Å². The van der Waals surface area contributed by atoms with E-state index in [1.165, 1.54) is 6.92 Å². The highest BCUT2D eigenvalue weighted by atomic mass is 16.2. The second kappa shape index (κ2) is 7.04. The first-order valence-corrected chi connectivity index (χ1v) is 7.57. The van der Waals surface area contributed by atoms with Crippen LogP contribution in [0.25, 0.3) is 0 Å². The largest absolute Gasteiger partial charge is 0.352 e. The van der Waals surface area contributed by atoms with E-state index in [0.29, 0.717) is 19.1 Å². The number of piperidine rings is 2. The average molecular weight is 282 g/mol. The summed E-state index contributed by atoms with van der Waals surface area (Å²) in [5, 5.41) is 2.91. The molecule has 1 unspecified atom stereocenters. The van der Waals surface area contributed by atoms with E-state index in [1.54, 1.807) is 0 Å². The highest BCUT2D eigenvalue weighted by Crippen LogP contribution is 2.12. The van der Waals surface area contributed by atoms with Gasteiger partial charge in [-0.1, -0.05) is 0 Å². The molecule has 2 aliphatic heterocycles. The fourth-order valence-electron chi connectivity index (χ4n) is 3.01. The maximum atomic E-state index is 12.3. The summed E-state index contributed by atoms with van der Waals surface area (Å²) in [6, 6.07) is 0.403. The first-order valence-electron chi connectivity index (χ1n) is 7.57. The Morgan fingerprint density at radius 1 is 1.20 bits per heavy atom. The minimum absolute atomic E-state index is 0.0192. The van der Waals surface area contributed by atoms with E-state index in [0.717, 1.165) is 45.3 Å². The summed E-state index contributed by atoms with van der Waals surface area (Å²) in [5.41, 5.74) is 5.87. The lowest BCUT2D eigenvalue weighted by molar-refractivity contribution is -0.134. The molecule has 6 nitrogen and oxygen atoms in total. The van der Waals surface area contributed by atoms with E-state index in [1.807, 2.05) is 4.90 Å². The van der Waals surface area contributed by atoms with Crippen LogP contribution in [0, 0.1) is 0 Å². The maximum absolute atomic E-state index is 12.3. The molecule has 0 aromatic rings. The molecule has 2 rings (SSSR count). The van der Waals surface area contributed by atoms with Crippen LogP contribution in [0.4, 0.5) is 0 Å². The standard InChI is InChI=1S/C14H26N4O2/c1-11(19)16-13-3-2-6-18(9-13)14(20)10-17-7-4-12(15)5-8-17/h12-13H,2-10,15H2,1H3,(H,16,19). The van der Waals surface area contributed by atoms with Crippen molar-refractivity contribution in [1.29, 1.82) is 0 Å². The molecule has 0 aromatic heterocycles. The Labute approximate surface area is 120 Å². The quantitative estimate of drug-likeness (QED) is 0.734. The number of carbonyl (C=O) groups excluding carboxylic acids is 2. The predicted octanol–water partition coefficient (Wildman–Crippen LogP) is -0.463. The minimum atomic E-state index is -0.0192. The van der Waals surface area contributed by atoms with Gasteiger partial charge in [-0.15, -0.1) is 0 Å². The Morgan fingerprint density at radius 2 is 1.90 bits per heavy atom. The van der Waals surface area contributed by atoms with Gasteiger partial charge in [-0.2, -0.15) is 0 Å². The molecule has 2 amide bonds. The van der Waals surface area contributed by atoms with E-state index >= 15 is 0 Å². The SMILES string of the molecule is CC(=O)NC1CCCN(C(=O)CN2CCC(N)CC2)C1. The molecular formula is C14H26N4O2. The highest BCUT2D eigenvalue weighted by Gasteiger charge is 2.26. The number of nitrogens with zero attached hydrogens (tertiary/aromatic N) is 2. The van der Waals surface area contributed by atoms with E-state index < -0.39 is 0 Å². The number of likely N-dealkylation sites (tertiary alicyclic amines) is 2. The van der Waals surface area contributed by atoms with Gasteiger partial charge in [0.25, 0.3) is 0 Å². The Kier molecular flexibility index (Phi) is 5.37. The molecule has 0 aliphatic carbocycles. The lowest BCUT2D eigenvalue weighted by Crippen LogP contribution is -2.52. The van der Waals surface area contributed by atoms with Gasteiger partial charge in [0.15, 0.2) is 0 Å². The molecule has 0 saturated carbocycles. The van der Waals surface area contributed by atoms with Crippen molar-refractivity contribution in [1.82, 2.24) is 15.1 Å².